The second-order valence-corrected chi connectivity index (χ2v) is 3.92. The molecule has 12 heavy (non-hydrogen) atoms. The molecule has 1 fully saturated rings. The fourth-order valence-electron chi connectivity index (χ4n) is 2.35. The largest absolute Gasteiger partial charge is 0.0808 e. The van der Waals surface area contributed by atoms with E-state index in [0.717, 1.165) is 11.8 Å². The number of hydrogen-bond donors (Lipinski definition) is 0. The van der Waals surface area contributed by atoms with Gasteiger partial charge in [0.2, 0.25) is 0 Å². The molecule has 0 aromatic heterocycles. The fraction of sp³-hybridized carbons (Fsp3) is 0.333. The maximum atomic E-state index is 2.38. The van der Waals surface area contributed by atoms with Crippen LogP contribution in [-0.4, -0.2) is 0 Å². The molecule has 0 amide bonds. The molecule has 2 bridgehead atoms. The lowest BCUT2D eigenvalue weighted by atomic mass is 9.72. The summed E-state index contributed by atoms with van der Waals surface area (Å²) in [4.78, 5) is 0. The lowest BCUT2D eigenvalue weighted by Crippen LogP contribution is -2.18. The maximum absolute atomic E-state index is 2.38. The summed E-state index contributed by atoms with van der Waals surface area (Å²) in [6, 6.07) is 8.80. The van der Waals surface area contributed by atoms with Crippen LogP contribution in [0.5, 0.6) is 0 Å². The van der Waals surface area contributed by atoms with E-state index in [9.17, 15) is 0 Å². The van der Waals surface area contributed by atoms with E-state index in [2.05, 4.69) is 36.4 Å². The third-order valence-corrected chi connectivity index (χ3v) is 3.16. The van der Waals surface area contributed by atoms with Crippen LogP contribution < -0.4 is 0 Å². The van der Waals surface area contributed by atoms with Gasteiger partial charge in [-0.25, -0.2) is 0 Å². The second kappa shape index (κ2) is 2.22. The summed E-state index contributed by atoms with van der Waals surface area (Å²) < 4.78 is 0. The molecular weight excluding hydrogens is 144 g/mol. The van der Waals surface area contributed by atoms with E-state index in [-0.39, 0.29) is 0 Å². The average molecular weight is 156 g/mol. The first-order valence-corrected chi connectivity index (χ1v) is 4.70. The van der Waals surface area contributed by atoms with Gasteiger partial charge in [0.25, 0.3) is 0 Å². The van der Waals surface area contributed by atoms with Crippen molar-refractivity contribution in [2.24, 2.45) is 5.92 Å². The molecule has 0 nitrogen and oxygen atoms in total. The zero-order valence-electron chi connectivity index (χ0n) is 7.03. The summed E-state index contributed by atoms with van der Waals surface area (Å²) in [7, 11) is 0. The van der Waals surface area contributed by atoms with E-state index in [1.54, 1.807) is 5.56 Å². The Morgan fingerprint density at radius 3 is 2.83 bits per heavy atom. The molecule has 3 aliphatic carbocycles. The van der Waals surface area contributed by atoms with Crippen molar-refractivity contribution in [1.29, 1.82) is 0 Å². The Morgan fingerprint density at radius 1 is 1.08 bits per heavy atom. The van der Waals surface area contributed by atoms with Gasteiger partial charge in [-0.1, -0.05) is 36.4 Å². The van der Waals surface area contributed by atoms with E-state index >= 15 is 0 Å². The highest BCUT2D eigenvalue weighted by molar-refractivity contribution is 5.57. The minimum atomic E-state index is 0.862. The molecule has 1 aromatic rings. The van der Waals surface area contributed by atoms with Crippen LogP contribution in [0.25, 0.3) is 6.08 Å². The van der Waals surface area contributed by atoms with Crippen LogP contribution >= 0.6 is 0 Å². The van der Waals surface area contributed by atoms with E-state index in [4.69, 9.17) is 0 Å². The lowest BCUT2D eigenvalue weighted by molar-refractivity contribution is 0.327. The molecule has 0 radical (unpaired) electrons. The highest BCUT2D eigenvalue weighted by Crippen LogP contribution is 2.46. The molecule has 0 saturated heterocycles. The molecule has 0 heteroatoms. The van der Waals surface area contributed by atoms with Crippen LogP contribution in [0, 0.1) is 5.92 Å². The van der Waals surface area contributed by atoms with Crippen molar-refractivity contribution in [2.45, 2.75) is 18.8 Å². The highest BCUT2D eigenvalue weighted by atomic mass is 14.4. The summed E-state index contributed by atoms with van der Waals surface area (Å²) in [5.41, 5.74) is 3.02. The first-order valence-electron chi connectivity index (χ1n) is 4.70. The molecule has 0 N–H and O–H groups in total. The molecule has 3 aliphatic rings. The van der Waals surface area contributed by atoms with Gasteiger partial charge in [0.05, 0.1) is 0 Å². The third-order valence-electron chi connectivity index (χ3n) is 3.16. The normalized spacial score (nSPS) is 30.3. The predicted octanol–water partition coefficient (Wildman–Crippen LogP) is 3.21. The highest BCUT2D eigenvalue weighted by Gasteiger charge is 2.31. The van der Waals surface area contributed by atoms with Gasteiger partial charge in [-0.3, -0.25) is 0 Å². The Balaban J connectivity index is 2.18. The van der Waals surface area contributed by atoms with Crippen molar-refractivity contribution >= 4 is 6.08 Å². The molecule has 1 aromatic carbocycles. The molecule has 4 rings (SSSR count). The van der Waals surface area contributed by atoms with Crippen molar-refractivity contribution in [3.63, 3.8) is 0 Å². The number of benzene rings is 1. The van der Waals surface area contributed by atoms with Gasteiger partial charge in [0.15, 0.2) is 0 Å². The topological polar surface area (TPSA) is 0 Å². The van der Waals surface area contributed by atoms with Crippen LogP contribution in [0.15, 0.2) is 30.3 Å². The van der Waals surface area contributed by atoms with Crippen LogP contribution in [0.4, 0.5) is 0 Å². The molecular formula is C12H12. The Kier molecular flexibility index (Phi) is 1.20. The lowest BCUT2D eigenvalue weighted by Gasteiger charge is -2.32. The summed E-state index contributed by atoms with van der Waals surface area (Å²) in [5, 5.41) is 0. The number of allylic oxidation sites excluding steroid dienone is 1. The summed E-state index contributed by atoms with van der Waals surface area (Å²) in [6.45, 7) is 0. The van der Waals surface area contributed by atoms with Crippen molar-refractivity contribution in [3.05, 3.63) is 41.5 Å². The van der Waals surface area contributed by atoms with E-state index in [1.165, 1.54) is 18.4 Å². The van der Waals surface area contributed by atoms with Gasteiger partial charge in [-0.05, 0) is 35.8 Å². The first-order chi connectivity index (χ1) is 5.93. The maximum Gasteiger partial charge on any atom is -0.0145 e. The molecule has 60 valence electrons. The first kappa shape index (κ1) is 6.47. The van der Waals surface area contributed by atoms with Crippen molar-refractivity contribution in [1.82, 2.24) is 0 Å². The zero-order chi connectivity index (χ0) is 7.97. The Hall–Kier alpha value is -1.04. The van der Waals surface area contributed by atoms with E-state index < -0.39 is 0 Å². The smallest absolute Gasteiger partial charge is 0.0145 e. The SMILES string of the molecule is C1=CC2CC(C2)c2ccccc21. The molecule has 1 saturated carbocycles. The Labute approximate surface area is 72.9 Å². The van der Waals surface area contributed by atoms with E-state index in [0.29, 0.717) is 0 Å². The van der Waals surface area contributed by atoms with Gasteiger partial charge in [-0.2, -0.15) is 0 Å². The summed E-state index contributed by atoms with van der Waals surface area (Å²) in [6.07, 6.45) is 7.44. The van der Waals surface area contributed by atoms with E-state index in [1.807, 2.05) is 0 Å². The second-order valence-electron chi connectivity index (χ2n) is 3.92. The Morgan fingerprint density at radius 2 is 1.92 bits per heavy atom. The molecule has 0 atom stereocenters. The zero-order valence-corrected chi connectivity index (χ0v) is 7.03. The van der Waals surface area contributed by atoms with Gasteiger partial charge in [0.1, 0.15) is 0 Å². The van der Waals surface area contributed by atoms with Gasteiger partial charge < -0.3 is 0 Å². The molecule has 0 heterocycles. The third kappa shape index (κ3) is 0.781. The molecule has 0 unspecified atom stereocenters. The van der Waals surface area contributed by atoms with Crippen LogP contribution in [0.2, 0.25) is 0 Å². The monoisotopic (exact) mass is 156 g/mol. The minimum Gasteiger partial charge on any atom is -0.0808 e. The van der Waals surface area contributed by atoms with Crippen molar-refractivity contribution < 1.29 is 0 Å². The predicted molar refractivity (Wildman–Crippen MR) is 50.9 cm³/mol. The Bertz CT molecular complexity index is 330. The quantitative estimate of drug-likeness (QED) is 0.541. The number of hydrogen-bond acceptors (Lipinski definition) is 0. The molecule has 0 spiro atoms. The summed E-state index contributed by atoms with van der Waals surface area (Å²) >= 11 is 0. The van der Waals surface area contributed by atoms with Crippen LogP contribution in [-0.2, 0) is 0 Å². The fourth-order valence-corrected chi connectivity index (χ4v) is 2.35. The van der Waals surface area contributed by atoms with Crippen LogP contribution in [0.1, 0.15) is 29.9 Å². The molecule has 0 aliphatic heterocycles. The van der Waals surface area contributed by atoms with Crippen molar-refractivity contribution in [2.75, 3.05) is 0 Å². The average Bonchev–Trinajstić information content (AvgIpc) is 2.30. The van der Waals surface area contributed by atoms with Gasteiger partial charge in [-0.15, -0.1) is 0 Å². The minimum absolute atomic E-state index is 0.862. The number of rotatable bonds is 0. The standard InChI is InChI=1S/C12H12/c1-2-4-12-10(3-1)6-5-9-7-11(12)8-9/h1-6,9,11H,7-8H2. The van der Waals surface area contributed by atoms with Gasteiger partial charge in [0, 0.05) is 0 Å². The van der Waals surface area contributed by atoms with Gasteiger partial charge >= 0.3 is 0 Å². The van der Waals surface area contributed by atoms with Crippen molar-refractivity contribution in [3.8, 4) is 0 Å². The summed E-state index contributed by atoms with van der Waals surface area (Å²) in [5.74, 6) is 1.74. The van der Waals surface area contributed by atoms with Crippen LogP contribution in [0.3, 0.4) is 0 Å².